The van der Waals surface area contributed by atoms with Gasteiger partial charge in [-0.25, -0.2) is 8.78 Å². The normalized spacial score (nSPS) is 21.2. The van der Waals surface area contributed by atoms with Gasteiger partial charge in [0.25, 0.3) is 0 Å². The molecule has 1 aromatic rings. The van der Waals surface area contributed by atoms with Gasteiger partial charge in [-0.15, -0.1) is 0 Å². The first kappa shape index (κ1) is 13.4. The minimum Gasteiger partial charge on any atom is -0.381 e. The maximum atomic E-state index is 13.9. The Kier molecular flexibility index (Phi) is 4.66. The maximum absolute atomic E-state index is 13.9. The molecule has 0 saturated carbocycles. The van der Waals surface area contributed by atoms with E-state index in [-0.39, 0.29) is 12.0 Å². The van der Waals surface area contributed by atoms with E-state index >= 15 is 0 Å². The highest BCUT2D eigenvalue weighted by molar-refractivity contribution is 5.23. The lowest BCUT2D eigenvalue weighted by Crippen LogP contribution is -2.30. The van der Waals surface area contributed by atoms with Crippen LogP contribution in [0, 0.1) is 17.6 Å². The van der Waals surface area contributed by atoms with E-state index in [4.69, 9.17) is 4.74 Å². The van der Waals surface area contributed by atoms with Gasteiger partial charge in [0.05, 0.1) is 6.61 Å². The van der Waals surface area contributed by atoms with E-state index in [2.05, 4.69) is 12.2 Å². The van der Waals surface area contributed by atoms with Gasteiger partial charge in [0.2, 0.25) is 0 Å². The summed E-state index contributed by atoms with van der Waals surface area (Å²) in [7, 11) is 0. The van der Waals surface area contributed by atoms with Crippen molar-refractivity contribution < 1.29 is 13.5 Å². The lowest BCUT2D eigenvalue weighted by Gasteiger charge is -2.24. The summed E-state index contributed by atoms with van der Waals surface area (Å²) in [6.07, 6.45) is 1.85. The molecular formula is C14H19F2NO. The van der Waals surface area contributed by atoms with E-state index in [1.807, 2.05) is 0 Å². The molecule has 2 nitrogen and oxygen atoms in total. The Hall–Kier alpha value is -1.00. The Morgan fingerprint density at radius 2 is 2.28 bits per heavy atom. The maximum Gasteiger partial charge on any atom is 0.163 e. The molecule has 100 valence electrons. The molecule has 1 aliphatic heterocycles. The van der Waals surface area contributed by atoms with Crippen LogP contribution in [-0.4, -0.2) is 19.8 Å². The summed E-state index contributed by atoms with van der Waals surface area (Å²) in [6.45, 7) is 4.15. The van der Waals surface area contributed by atoms with Gasteiger partial charge < -0.3 is 10.1 Å². The van der Waals surface area contributed by atoms with E-state index in [1.165, 1.54) is 0 Å². The molecule has 0 radical (unpaired) electrons. The van der Waals surface area contributed by atoms with Crippen LogP contribution >= 0.6 is 0 Å². The average Bonchev–Trinajstić information content (AvgIpc) is 2.88. The Balaban J connectivity index is 2.23. The second kappa shape index (κ2) is 6.25. The van der Waals surface area contributed by atoms with Gasteiger partial charge in [0, 0.05) is 24.1 Å². The molecule has 1 fully saturated rings. The third-order valence-electron chi connectivity index (χ3n) is 3.37. The van der Waals surface area contributed by atoms with Crippen LogP contribution in [0.1, 0.15) is 31.4 Å². The number of hydrogen-bond acceptors (Lipinski definition) is 2. The summed E-state index contributed by atoms with van der Waals surface area (Å²) in [5.41, 5.74) is 0.416. The second-order valence-corrected chi connectivity index (χ2v) is 4.70. The number of rotatable bonds is 5. The van der Waals surface area contributed by atoms with Crippen LogP contribution in [-0.2, 0) is 4.74 Å². The summed E-state index contributed by atoms with van der Waals surface area (Å²) < 4.78 is 32.5. The van der Waals surface area contributed by atoms with Gasteiger partial charge in [0.1, 0.15) is 0 Å². The van der Waals surface area contributed by atoms with Crippen LogP contribution in [0.2, 0.25) is 0 Å². The molecule has 0 spiro atoms. The van der Waals surface area contributed by atoms with Crippen molar-refractivity contribution >= 4 is 0 Å². The van der Waals surface area contributed by atoms with E-state index < -0.39 is 11.6 Å². The fraction of sp³-hybridized carbons (Fsp3) is 0.571. The zero-order valence-corrected chi connectivity index (χ0v) is 10.6. The van der Waals surface area contributed by atoms with Crippen molar-refractivity contribution in [1.29, 1.82) is 0 Å². The van der Waals surface area contributed by atoms with Crippen molar-refractivity contribution in [3.63, 3.8) is 0 Å². The number of halogens is 2. The first-order chi connectivity index (χ1) is 8.74. The summed E-state index contributed by atoms with van der Waals surface area (Å²) in [5.74, 6) is -1.31. The van der Waals surface area contributed by atoms with Gasteiger partial charge in [-0.1, -0.05) is 19.1 Å². The number of hydrogen-bond donors (Lipinski definition) is 1. The minimum atomic E-state index is -0.783. The number of nitrogens with one attached hydrogen (secondary N) is 1. The van der Waals surface area contributed by atoms with Gasteiger partial charge in [-0.2, -0.15) is 0 Å². The quantitative estimate of drug-likeness (QED) is 0.873. The Labute approximate surface area is 106 Å². The summed E-state index contributed by atoms with van der Waals surface area (Å²) in [5, 5.41) is 3.31. The number of benzene rings is 1. The first-order valence-electron chi connectivity index (χ1n) is 6.49. The van der Waals surface area contributed by atoms with E-state index in [0.29, 0.717) is 18.8 Å². The van der Waals surface area contributed by atoms with Gasteiger partial charge in [-0.3, -0.25) is 0 Å². The summed E-state index contributed by atoms with van der Waals surface area (Å²) in [6, 6.07) is 4.21. The molecule has 0 aromatic heterocycles. The summed E-state index contributed by atoms with van der Waals surface area (Å²) in [4.78, 5) is 0. The highest BCUT2D eigenvalue weighted by Gasteiger charge is 2.29. The Morgan fingerprint density at radius 3 is 2.94 bits per heavy atom. The van der Waals surface area contributed by atoms with E-state index in [1.54, 1.807) is 12.1 Å². The van der Waals surface area contributed by atoms with Crippen molar-refractivity contribution in [3.8, 4) is 0 Å². The van der Waals surface area contributed by atoms with E-state index in [9.17, 15) is 8.78 Å². The van der Waals surface area contributed by atoms with Crippen LogP contribution in [0.15, 0.2) is 18.2 Å². The largest absolute Gasteiger partial charge is 0.381 e. The monoisotopic (exact) mass is 255 g/mol. The third-order valence-corrected chi connectivity index (χ3v) is 3.37. The predicted octanol–water partition coefficient (Wildman–Crippen LogP) is 3.04. The molecule has 1 aromatic carbocycles. The van der Waals surface area contributed by atoms with Crippen LogP contribution in [0.25, 0.3) is 0 Å². The smallest absolute Gasteiger partial charge is 0.163 e. The minimum absolute atomic E-state index is 0.164. The molecule has 18 heavy (non-hydrogen) atoms. The molecule has 1 N–H and O–H groups in total. The average molecular weight is 255 g/mol. The summed E-state index contributed by atoms with van der Waals surface area (Å²) >= 11 is 0. The Bertz CT molecular complexity index is 391. The molecule has 4 heteroatoms. The second-order valence-electron chi connectivity index (χ2n) is 4.70. The van der Waals surface area contributed by atoms with Crippen molar-refractivity contribution in [2.75, 3.05) is 19.8 Å². The van der Waals surface area contributed by atoms with Crippen LogP contribution in [0.5, 0.6) is 0 Å². The Morgan fingerprint density at radius 1 is 1.44 bits per heavy atom. The van der Waals surface area contributed by atoms with Crippen LogP contribution in [0.3, 0.4) is 0 Å². The van der Waals surface area contributed by atoms with Crippen LogP contribution < -0.4 is 5.32 Å². The molecule has 1 heterocycles. The third kappa shape index (κ3) is 2.87. The van der Waals surface area contributed by atoms with Gasteiger partial charge in [-0.05, 0) is 25.5 Å². The molecule has 1 aliphatic rings. The van der Waals surface area contributed by atoms with E-state index in [0.717, 1.165) is 25.5 Å². The fourth-order valence-electron chi connectivity index (χ4n) is 2.41. The topological polar surface area (TPSA) is 21.3 Å². The molecule has 2 unspecified atom stereocenters. The standard InChI is InChI=1S/C14H19F2NO/c1-2-7-17-14(10-6-8-18-9-10)11-4-3-5-12(15)13(11)16/h3-5,10,14,17H,2,6-9H2,1H3. The molecule has 0 bridgehead atoms. The molecule has 0 amide bonds. The van der Waals surface area contributed by atoms with Gasteiger partial charge >= 0.3 is 0 Å². The van der Waals surface area contributed by atoms with Crippen molar-refractivity contribution in [3.05, 3.63) is 35.4 Å². The lowest BCUT2D eigenvalue weighted by atomic mass is 9.91. The zero-order valence-electron chi connectivity index (χ0n) is 10.6. The molecule has 2 rings (SSSR count). The highest BCUT2D eigenvalue weighted by atomic mass is 19.2. The predicted molar refractivity (Wildman–Crippen MR) is 66.3 cm³/mol. The molecule has 0 aliphatic carbocycles. The zero-order chi connectivity index (χ0) is 13.0. The fourth-order valence-corrected chi connectivity index (χ4v) is 2.41. The molecule has 1 saturated heterocycles. The van der Waals surface area contributed by atoms with Crippen LogP contribution in [0.4, 0.5) is 8.78 Å². The van der Waals surface area contributed by atoms with Crippen molar-refractivity contribution in [2.24, 2.45) is 5.92 Å². The van der Waals surface area contributed by atoms with Gasteiger partial charge in [0.15, 0.2) is 11.6 Å². The highest BCUT2D eigenvalue weighted by Crippen LogP contribution is 2.31. The SMILES string of the molecule is CCCNC(c1cccc(F)c1F)C1CCOC1. The molecule has 2 atom stereocenters. The number of ether oxygens (including phenoxy) is 1. The first-order valence-corrected chi connectivity index (χ1v) is 6.49. The molecular weight excluding hydrogens is 236 g/mol. The van der Waals surface area contributed by atoms with Crippen molar-refractivity contribution in [2.45, 2.75) is 25.8 Å². The van der Waals surface area contributed by atoms with Crippen molar-refractivity contribution in [1.82, 2.24) is 5.32 Å². The lowest BCUT2D eigenvalue weighted by molar-refractivity contribution is 0.176.